The second kappa shape index (κ2) is 7.91. The number of carbonyl (C=O) groups excluding carboxylic acids is 2. The van der Waals surface area contributed by atoms with Gasteiger partial charge in [-0.15, -0.1) is 0 Å². The summed E-state index contributed by atoms with van der Waals surface area (Å²) in [7, 11) is 1.56. The summed E-state index contributed by atoms with van der Waals surface area (Å²) >= 11 is 0. The van der Waals surface area contributed by atoms with E-state index in [1.54, 1.807) is 19.2 Å². The van der Waals surface area contributed by atoms with Crippen molar-refractivity contribution in [1.29, 1.82) is 0 Å². The number of hydrogen-bond donors (Lipinski definition) is 0. The summed E-state index contributed by atoms with van der Waals surface area (Å²) in [6, 6.07) is 15.3. The average Bonchev–Trinajstić information content (AvgIpc) is 3.02. The van der Waals surface area contributed by atoms with E-state index < -0.39 is 11.9 Å². The monoisotopic (exact) mass is 354 g/mol. The highest BCUT2D eigenvalue weighted by atomic mass is 16.5. The number of hydrogen-bond acceptors (Lipinski definition) is 5. The molecule has 0 N–H and O–H groups in total. The number of carboxylic acid groups (broad SMARTS) is 1. The van der Waals surface area contributed by atoms with Crippen LogP contribution in [0.1, 0.15) is 17.5 Å². The molecule has 0 spiro atoms. The molecule has 0 bridgehead atoms. The molecule has 1 atom stereocenters. The molecule has 0 unspecified atom stereocenters. The summed E-state index contributed by atoms with van der Waals surface area (Å²) in [4.78, 5) is 24.4. The predicted molar refractivity (Wildman–Crippen MR) is 92.3 cm³/mol. The van der Waals surface area contributed by atoms with Gasteiger partial charge in [0.25, 0.3) is 0 Å². The highest BCUT2D eigenvalue weighted by Gasteiger charge is 2.30. The van der Waals surface area contributed by atoms with Crippen molar-refractivity contribution in [2.75, 3.05) is 13.7 Å². The number of carbonyl (C=O) groups is 2. The van der Waals surface area contributed by atoms with Gasteiger partial charge in [0.15, 0.2) is 11.5 Å². The van der Waals surface area contributed by atoms with Crippen LogP contribution in [0.2, 0.25) is 0 Å². The van der Waals surface area contributed by atoms with Crippen LogP contribution in [-0.2, 0) is 22.7 Å². The van der Waals surface area contributed by atoms with Crippen molar-refractivity contribution in [2.24, 2.45) is 5.92 Å². The molecule has 136 valence electrons. The molecule has 1 heterocycles. The lowest BCUT2D eigenvalue weighted by Crippen LogP contribution is -2.33. The van der Waals surface area contributed by atoms with Crippen LogP contribution in [0.5, 0.6) is 11.5 Å². The highest BCUT2D eigenvalue weighted by Crippen LogP contribution is 2.30. The Kier molecular flexibility index (Phi) is 5.41. The summed E-state index contributed by atoms with van der Waals surface area (Å²) < 4.78 is 11.2. The fraction of sp³-hybridized carbons (Fsp3) is 0.300. The van der Waals surface area contributed by atoms with E-state index in [0.29, 0.717) is 24.7 Å². The van der Waals surface area contributed by atoms with Crippen LogP contribution in [0, 0.1) is 5.92 Å². The van der Waals surface area contributed by atoms with Gasteiger partial charge in [-0.2, -0.15) is 0 Å². The van der Waals surface area contributed by atoms with Gasteiger partial charge in [0.05, 0.1) is 7.11 Å². The van der Waals surface area contributed by atoms with E-state index in [1.807, 2.05) is 36.4 Å². The molecule has 1 aliphatic rings. The summed E-state index contributed by atoms with van der Waals surface area (Å²) in [6.07, 6.45) is -0.00224. The largest absolute Gasteiger partial charge is 0.550 e. The third-order valence-corrected chi connectivity index (χ3v) is 4.39. The molecule has 26 heavy (non-hydrogen) atoms. The maximum Gasteiger partial charge on any atom is 0.223 e. The molecule has 0 saturated carbocycles. The van der Waals surface area contributed by atoms with Crippen molar-refractivity contribution in [2.45, 2.75) is 19.6 Å². The Morgan fingerprint density at radius 2 is 1.92 bits per heavy atom. The minimum absolute atomic E-state index is 0.00224. The van der Waals surface area contributed by atoms with Gasteiger partial charge in [-0.3, -0.25) is 4.79 Å². The Balaban J connectivity index is 1.66. The molecule has 0 aromatic heterocycles. The highest BCUT2D eigenvalue weighted by molar-refractivity contribution is 5.85. The van der Waals surface area contributed by atoms with Gasteiger partial charge in [-0.25, -0.2) is 0 Å². The summed E-state index contributed by atoms with van der Waals surface area (Å²) in [5.41, 5.74) is 1.90. The molecule has 3 rings (SSSR count). The number of amides is 1. The van der Waals surface area contributed by atoms with Crippen molar-refractivity contribution in [3.63, 3.8) is 0 Å². The molecule has 0 aliphatic carbocycles. The van der Waals surface area contributed by atoms with Crippen LogP contribution >= 0.6 is 0 Å². The first-order valence-electron chi connectivity index (χ1n) is 8.39. The summed E-state index contributed by atoms with van der Waals surface area (Å²) in [6.45, 7) is 0.933. The normalized spacial score (nSPS) is 16.6. The number of likely N-dealkylation sites (tertiary alicyclic amines) is 1. The molecule has 6 heteroatoms. The van der Waals surface area contributed by atoms with E-state index in [-0.39, 0.29) is 18.9 Å². The average molecular weight is 354 g/mol. The Morgan fingerprint density at radius 3 is 2.58 bits per heavy atom. The van der Waals surface area contributed by atoms with Crippen molar-refractivity contribution in [1.82, 2.24) is 4.90 Å². The Hall–Kier alpha value is -3.02. The van der Waals surface area contributed by atoms with E-state index in [2.05, 4.69) is 0 Å². The van der Waals surface area contributed by atoms with Gasteiger partial charge < -0.3 is 24.3 Å². The number of methoxy groups -OCH3 is 1. The fourth-order valence-electron chi connectivity index (χ4n) is 2.97. The van der Waals surface area contributed by atoms with E-state index >= 15 is 0 Å². The molecule has 0 radical (unpaired) electrons. The predicted octanol–water partition coefficient (Wildman–Crippen LogP) is 1.37. The van der Waals surface area contributed by atoms with Crippen LogP contribution in [-0.4, -0.2) is 30.4 Å². The van der Waals surface area contributed by atoms with Gasteiger partial charge in [0, 0.05) is 31.4 Å². The van der Waals surface area contributed by atoms with E-state index in [0.717, 1.165) is 11.1 Å². The molecule has 1 fully saturated rings. The van der Waals surface area contributed by atoms with Gasteiger partial charge in [0.1, 0.15) is 6.61 Å². The third-order valence-electron chi connectivity index (χ3n) is 4.39. The smallest absolute Gasteiger partial charge is 0.223 e. The van der Waals surface area contributed by atoms with Crippen LogP contribution < -0.4 is 14.6 Å². The Morgan fingerprint density at radius 1 is 1.15 bits per heavy atom. The maximum absolute atomic E-state index is 12.0. The number of nitrogens with zero attached hydrogens (tertiary/aromatic N) is 1. The van der Waals surface area contributed by atoms with E-state index in [1.165, 1.54) is 4.90 Å². The summed E-state index contributed by atoms with van der Waals surface area (Å²) in [5.74, 6) is -0.912. The molecule has 6 nitrogen and oxygen atoms in total. The molecule has 1 amide bonds. The molecular weight excluding hydrogens is 334 g/mol. The molecular formula is C20H20NO5-. The zero-order chi connectivity index (χ0) is 18.5. The second-order valence-electron chi connectivity index (χ2n) is 6.25. The summed E-state index contributed by atoms with van der Waals surface area (Å²) in [5, 5.41) is 11.0. The van der Waals surface area contributed by atoms with Gasteiger partial charge in [0.2, 0.25) is 5.91 Å². The van der Waals surface area contributed by atoms with E-state index in [4.69, 9.17) is 9.47 Å². The van der Waals surface area contributed by atoms with Crippen LogP contribution in [0.3, 0.4) is 0 Å². The number of carboxylic acids is 1. The molecule has 2 aromatic rings. The Labute approximate surface area is 152 Å². The number of ether oxygens (including phenoxy) is 2. The quantitative estimate of drug-likeness (QED) is 0.750. The SMILES string of the molecule is COc1cc(CN2C[C@@H](C(=O)[O-])CC2=O)ccc1OCc1ccccc1. The van der Waals surface area contributed by atoms with E-state index in [9.17, 15) is 14.7 Å². The minimum atomic E-state index is -1.18. The van der Waals surface area contributed by atoms with Crippen LogP contribution in [0.4, 0.5) is 0 Å². The number of aliphatic carboxylic acids is 1. The van der Waals surface area contributed by atoms with Crippen LogP contribution in [0.15, 0.2) is 48.5 Å². The lowest BCUT2D eigenvalue weighted by Gasteiger charge is -2.18. The third kappa shape index (κ3) is 4.14. The standard InChI is InChI=1S/C20H21NO5/c1-25-18-9-15(11-21-12-16(20(23)24)10-19(21)22)7-8-17(18)26-13-14-5-3-2-4-6-14/h2-9,16H,10-13H2,1H3,(H,23,24)/p-1/t16-/m0/s1. The fourth-order valence-corrected chi connectivity index (χ4v) is 2.97. The zero-order valence-corrected chi connectivity index (χ0v) is 14.5. The van der Waals surface area contributed by atoms with Gasteiger partial charge >= 0.3 is 0 Å². The van der Waals surface area contributed by atoms with Gasteiger partial charge in [-0.1, -0.05) is 36.4 Å². The number of benzene rings is 2. The lowest BCUT2D eigenvalue weighted by atomic mass is 10.1. The first kappa shape index (κ1) is 17.8. The van der Waals surface area contributed by atoms with Crippen molar-refractivity contribution < 1.29 is 24.2 Å². The Bertz CT molecular complexity index is 790. The van der Waals surface area contributed by atoms with Gasteiger partial charge in [-0.05, 0) is 23.3 Å². The first-order valence-corrected chi connectivity index (χ1v) is 8.39. The zero-order valence-electron chi connectivity index (χ0n) is 14.5. The maximum atomic E-state index is 12.0. The minimum Gasteiger partial charge on any atom is -0.550 e. The van der Waals surface area contributed by atoms with Crippen molar-refractivity contribution >= 4 is 11.9 Å². The second-order valence-corrected chi connectivity index (χ2v) is 6.25. The molecule has 1 saturated heterocycles. The lowest BCUT2D eigenvalue weighted by molar-refractivity contribution is -0.311. The first-order chi connectivity index (χ1) is 12.6. The van der Waals surface area contributed by atoms with Crippen LogP contribution in [0.25, 0.3) is 0 Å². The number of rotatable bonds is 7. The molecule has 1 aliphatic heterocycles. The van der Waals surface area contributed by atoms with Crippen molar-refractivity contribution in [3.8, 4) is 11.5 Å². The molecule has 2 aromatic carbocycles. The van der Waals surface area contributed by atoms with Crippen molar-refractivity contribution in [3.05, 3.63) is 59.7 Å². The topological polar surface area (TPSA) is 78.9 Å².